The highest BCUT2D eigenvalue weighted by Crippen LogP contribution is 2.24. The largest absolute Gasteiger partial charge is 0.490 e. The number of terminal acetylenes is 1. The van der Waals surface area contributed by atoms with Crippen LogP contribution in [0.2, 0.25) is 0 Å². The highest BCUT2D eigenvalue weighted by molar-refractivity contribution is 5.49. The van der Waals surface area contributed by atoms with Gasteiger partial charge in [0, 0.05) is 13.5 Å². The smallest absolute Gasteiger partial charge is 0.188 e. The van der Waals surface area contributed by atoms with Gasteiger partial charge in [0.1, 0.15) is 0 Å². The van der Waals surface area contributed by atoms with Crippen molar-refractivity contribution in [2.24, 2.45) is 0 Å². The summed E-state index contributed by atoms with van der Waals surface area (Å²) < 4.78 is 19.1. The first-order valence-electron chi connectivity index (χ1n) is 5.82. The Morgan fingerprint density at radius 1 is 1.35 bits per heavy atom. The van der Waals surface area contributed by atoms with E-state index in [2.05, 4.69) is 11.2 Å². The molecule has 0 aromatic heterocycles. The molecule has 1 aromatic rings. The van der Waals surface area contributed by atoms with E-state index in [1.54, 1.807) is 25.2 Å². The monoisotopic (exact) mass is 235 g/mol. The summed E-state index contributed by atoms with van der Waals surface area (Å²) in [6.45, 7) is 0.522. The van der Waals surface area contributed by atoms with Gasteiger partial charge in [0.05, 0.1) is 12.3 Å². The van der Waals surface area contributed by atoms with E-state index in [9.17, 15) is 4.39 Å². The Morgan fingerprint density at radius 2 is 2.18 bits per heavy atom. The topological polar surface area (TPSA) is 21.3 Å². The molecule has 0 saturated carbocycles. The molecule has 1 rings (SSSR count). The summed E-state index contributed by atoms with van der Waals surface area (Å²) >= 11 is 0. The van der Waals surface area contributed by atoms with E-state index < -0.39 is 0 Å². The van der Waals surface area contributed by atoms with Gasteiger partial charge in [-0.15, -0.1) is 12.3 Å². The minimum absolute atomic E-state index is 0.300. The van der Waals surface area contributed by atoms with Gasteiger partial charge in [0.25, 0.3) is 0 Å². The Hall–Kier alpha value is -1.69. The summed E-state index contributed by atoms with van der Waals surface area (Å²) in [5.41, 5.74) is 0.454. The zero-order valence-electron chi connectivity index (χ0n) is 10.1. The highest BCUT2D eigenvalue weighted by Gasteiger charge is 2.07. The molecule has 0 amide bonds. The zero-order valence-corrected chi connectivity index (χ0v) is 10.1. The average Bonchev–Trinajstić information content (AvgIpc) is 2.35. The molecule has 0 aliphatic heterocycles. The Balaban J connectivity index is 2.34. The first kappa shape index (κ1) is 13.4. The summed E-state index contributed by atoms with van der Waals surface area (Å²) in [5.74, 6) is 2.56. The number of hydrogen-bond acceptors (Lipinski definition) is 2. The van der Waals surface area contributed by atoms with Crippen molar-refractivity contribution in [1.29, 1.82) is 0 Å². The van der Waals surface area contributed by atoms with Crippen molar-refractivity contribution in [3.8, 4) is 18.1 Å². The van der Waals surface area contributed by atoms with Gasteiger partial charge in [-0.25, -0.2) is 4.39 Å². The quantitative estimate of drug-likeness (QED) is 0.577. The van der Waals surface area contributed by atoms with Crippen LogP contribution in [0.4, 0.5) is 10.1 Å². The number of nitrogens with one attached hydrogen (secondary N) is 1. The van der Waals surface area contributed by atoms with Gasteiger partial charge in [-0.3, -0.25) is 0 Å². The fourth-order valence-electron chi connectivity index (χ4n) is 1.50. The van der Waals surface area contributed by atoms with Crippen LogP contribution < -0.4 is 10.1 Å². The number of halogens is 1. The molecule has 0 aliphatic carbocycles. The van der Waals surface area contributed by atoms with Crippen LogP contribution >= 0.6 is 0 Å². The fourth-order valence-corrected chi connectivity index (χ4v) is 1.50. The van der Waals surface area contributed by atoms with E-state index in [0.29, 0.717) is 18.0 Å². The van der Waals surface area contributed by atoms with Gasteiger partial charge in [0.15, 0.2) is 11.6 Å². The van der Waals surface area contributed by atoms with E-state index in [1.165, 1.54) is 0 Å². The third-order valence-electron chi connectivity index (χ3n) is 2.46. The second-order valence-electron chi connectivity index (χ2n) is 3.73. The molecule has 0 spiro atoms. The first-order valence-corrected chi connectivity index (χ1v) is 5.82. The molecule has 0 atom stereocenters. The van der Waals surface area contributed by atoms with Crippen LogP contribution in [0.1, 0.15) is 25.7 Å². The molecule has 0 saturated heterocycles. The second kappa shape index (κ2) is 7.56. The number of rotatable bonds is 7. The lowest BCUT2D eigenvalue weighted by Gasteiger charge is -2.09. The van der Waals surface area contributed by atoms with Crippen molar-refractivity contribution in [2.45, 2.75) is 25.7 Å². The van der Waals surface area contributed by atoms with Crippen LogP contribution in [0.3, 0.4) is 0 Å². The normalized spacial score (nSPS) is 9.71. The van der Waals surface area contributed by atoms with E-state index >= 15 is 0 Å². The van der Waals surface area contributed by atoms with Crippen LogP contribution in [0.25, 0.3) is 0 Å². The minimum Gasteiger partial charge on any atom is -0.490 e. The Labute approximate surface area is 102 Å². The van der Waals surface area contributed by atoms with E-state index in [0.717, 1.165) is 25.7 Å². The molecule has 3 heteroatoms. The third-order valence-corrected chi connectivity index (χ3v) is 2.46. The van der Waals surface area contributed by atoms with Crippen molar-refractivity contribution >= 4 is 5.69 Å². The van der Waals surface area contributed by atoms with Crippen molar-refractivity contribution in [3.05, 3.63) is 24.0 Å². The molecule has 0 radical (unpaired) electrons. The molecule has 17 heavy (non-hydrogen) atoms. The number of hydrogen-bond donors (Lipinski definition) is 1. The maximum atomic E-state index is 13.7. The van der Waals surface area contributed by atoms with Crippen LogP contribution in [-0.4, -0.2) is 13.7 Å². The van der Waals surface area contributed by atoms with Gasteiger partial charge >= 0.3 is 0 Å². The second-order valence-corrected chi connectivity index (χ2v) is 3.73. The number of benzene rings is 1. The van der Waals surface area contributed by atoms with Crippen molar-refractivity contribution in [1.82, 2.24) is 0 Å². The maximum Gasteiger partial charge on any atom is 0.188 e. The van der Waals surface area contributed by atoms with Crippen molar-refractivity contribution in [2.75, 3.05) is 19.0 Å². The lowest BCUT2D eigenvalue weighted by molar-refractivity contribution is 0.291. The molecular weight excluding hydrogens is 217 g/mol. The fraction of sp³-hybridized carbons (Fsp3) is 0.429. The lowest BCUT2D eigenvalue weighted by atomic mass is 10.2. The summed E-state index contributed by atoms with van der Waals surface area (Å²) in [5, 5.41) is 2.78. The van der Waals surface area contributed by atoms with Crippen LogP contribution in [0, 0.1) is 18.2 Å². The Bertz CT molecular complexity index is 384. The number of unbranched alkanes of at least 4 members (excludes halogenated alkanes) is 3. The molecule has 2 nitrogen and oxygen atoms in total. The zero-order chi connectivity index (χ0) is 12.5. The van der Waals surface area contributed by atoms with Gasteiger partial charge in [-0.1, -0.05) is 6.07 Å². The molecular formula is C14H18FNO. The number of anilines is 1. The van der Waals surface area contributed by atoms with Gasteiger partial charge in [-0.2, -0.15) is 0 Å². The van der Waals surface area contributed by atoms with Crippen LogP contribution in [0.15, 0.2) is 18.2 Å². The van der Waals surface area contributed by atoms with E-state index in [4.69, 9.17) is 11.2 Å². The highest BCUT2D eigenvalue weighted by atomic mass is 19.1. The molecule has 0 fully saturated rings. The Kier molecular flexibility index (Phi) is 5.95. The summed E-state index contributed by atoms with van der Waals surface area (Å²) in [6, 6.07) is 5.08. The third kappa shape index (κ3) is 4.36. The lowest BCUT2D eigenvalue weighted by Crippen LogP contribution is -2.01. The number of ether oxygens (including phenoxy) is 1. The SMILES string of the molecule is C#CCCCCCOc1cccc(NC)c1F. The summed E-state index contributed by atoms with van der Waals surface area (Å²) in [6.07, 6.45) is 8.85. The Morgan fingerprint density at radius 3 is 2.88 bits per heavy atom. The van der Waals surface area contributed by atoms with Crippen LogP contribution in [-0.2, 0) is 0 Å². The minimum atomic E-state index is -0.335. The maximum absolute atomic E-state index is 13.7. The van der Waals surface area contributed by atoms with Crippen molar-refractivity contribution in [3.63, 3.8) is 0 Å². The van der Waals surface area contributed by atoms with Crippen molar-refractivity contribution < 1.29 is 9.13 Å². The first-order chi connectivity index (χ1) is 8.29. The molecule has 0 aliphatic rings. The molecule has 0 bridgehead atoms. The molecule has 0 heterocycles. The molecule has 1 aromatic carbocycles. The average molecular weight is 235 g/mol. The molecule has 1 N–H and O–H groups in total. The van der Waals surface area contributed by atoms with E-state index in [-0.39, 0.29) is 5.82 Å². The molecule has 0 unspecified atom stereocenters. The predicted octanol–water partition coefficient (Wildman–Crippen LogP) is 3.44. The standard InChI is InChI=1S/C14H18FNO/c1-3-4-5-6-7-11-17-13-10-8-9-12(16-2)14(13)15/h1,8-10,16H,4-7,11H2,2H3. The van der Waals surface area contributed by atoms with Gasteiger partial charge in [-0.05, 0) is 31.4 Å². The van der Waals surface area contributed by atoms with Gasteiger partial charge in [0.2, 0.25) is 0 Å². The van der Waals surface area contributed by atoms with Crippen LogP contribution in [0.5, 0.6) is 5.75 Å². The summed E-state index contributed by atoms with van der Waals surface area (Å²) in [7, 11) is 1.68. The predicted molar refractivity (Wildman–Crippen MR) is 68.7 cm³/mol. The van der Waals surface area contributed by atoms with Gasteiger partial charge < -0.3 is 10.1 Å². The summed E-state index contributed by atoms with van der Waals surface area (Å²) in [4.78, 5) is 0. The van der Waals surface area contributed by atoms with E-state index in [1.807, 2.05) is 0 Å². The molecule has 92 valence electrons.